The summed E-state index contributed by atoms with van der Waals surface area (Å²) in [5.41, 5.74) is 0.292. The number of hydrogen-bond acceptors (Lipinski definition) is 3. The van der Waals surface area contributed by atoms with Crippen LogP contribution in [0.1, 0.15) is 30.6 Å². The average molecular weight is 290 g/mol. The Morgan fingerprint density at radius 1 is 1.44 bits per heavy atom. The van der Waals surface area contributed by atoms with Crippen molar-refractivity contribution >= 4 is 25.6 Å². The molecule has 1 aromatic carbocycles. The zero-order valence-electron chi connectivity index (χ0n) is 10.3. The predicted molar refractivity (Wildman–Crippen MR) is 71.3 cm³/mol. The van der Waals surface area contributed by atoms with Gasteiger partial charge in [0.05, 0.1) is 4.90 Å². The highest BCUT2D eigenvalue weighted by Crippen LogP contribution is 2.16. The van der Waals surface area contributed by atoms with Crippen LogP contribution in [0.2, 0.25) is 0 Å². The molecule has 1 unspecified atom stereocenters. The van der Waals surface area contributed by atoms with Crippen molar-refractivity contribution in [2.45, 2.75) is 25.2 Å². The lowest BCUT2D eigenvalue weighted by Gasteiger charge is -2.10. The van der Waals surface area contributed by atoms with E-state index in [0.717, 1.165) is 6.42 Å². The van der Waals surface area contributed by atoms with Crippen molar-refractivity contribution in [2.24, 2.45) is 5.92 Å². The summed E-state index contributed by atoms with van der Waals surface area (Å²) in [4.78, 5) is 11.7. The summed E-state index contributed by atoms with van der Waals surface area (Å²) in [5.74, 6) is 0.0892. The molecule has 0 heterocycles. The van der Waals surface area contributed by atoms with Gasteiger partial charge in [-0.2, -0.15) is 0 Å². The molecular weight excluding hydrogens is 274 g/mol. The van der Waals surface area contributed by atoms with Crippen LogP contribution in [0, 0.1) is 5.92 Å². The van der Waals surface area contributed by atoms with E-state index in [2.05, 4.69) is 5.32 Å². The third-order valence-corrected chi connectivity index (χ3v) is 4.04. The van der Waals surface area contributed by atoms with Crippen LogP contribution < -0.4 is 5.32 Å². The second-order valence-corrected chi connectivity index (χ2v) is 6.76. The first-order valence-electron chi connectivity index (χ1n) is 5.67. The molecule has 1 amide bonds. The molecule has 0 aliphatic carbocycles. The van der Waals surface area contributed by atoms with Crippen LogP contribution in [0.15, 0.2) is 29.2 Å². The Bertz CT molecular complexity index is 528. The largest absolute Gasteiger partial charge is 0.352 e. The number of amides is 1. The van der Waals surface area contributed by atoms with E-state index in [0.29, 0.717) is 18.0 Å². The standard InChI is InChI=1S/C12H16ClNO3S/c1-3-9(2)8-14-12(15)10-5-4-6-11(7-10)18(13,16)17/h4-7,9H,3,8H2,1-2H3,(H,14,15). The number of benzene rings is 1. The maximum Gasteiger partial charge on any atom is 0.261 e. The van der Waals surface area contributed by atoms with Crippen molar-refractivity contribution in [2.75, 3.05) is 6.54 Å². The Labute approximate surface area is 112 Å². The molecule has 0 saturated heterocycles. The SMILES string of the molecule is CCC(C)CNC(=O)c1cccc(S(=O)(=O)Cl)c1. The minimum Gasteiger partial charge on any atom is -0.352 e. The van der Waals surface area contributed by atoms with E-state index < -0.39 is 9.05 Å². The maximum absolute atomic E-state index is 11.8. The lowest BCUT2D eigenvalue weighted by Crippen LogP contribution is -2.28. The summed E-state index contributed by atoms with van der Waals surface area (Å²) >= 11 is 0. The molecule has 100 valence electrons. The summed E-state index contributed by atoms with van der Waals surface area (Å²) in [7, 11) is 1.42. The minimum atomic E-state index is -3.80. The van der Waals surface area contributed by atoms with Crippen molar-refractivity contribution in [1.29, 1.82) is 0 Å². The fourth-order valence-electron chi connectivity index (χ4n) is 1.30. The molecule has 0 aromatic heterocycles. The van der Waals surface area contributed by atoms with Gasteiger partial charge in [0.25, 0.3) is 15.0 Å². The van der Waals surface area contributed by atoms with Gasteiger partial charge in [-0.05, 0) is 24.1 Å². The fraction of sp³-hybridized carbons (Fsp3) is 0.417. The summed E-state index contributed by atoms with van der Waals surface area (Å²) in [6.45, 7) is 4.63. The quantitative estimate of drug-likeness (QED) is 0.847. The normalized spacial score (nSPS) is 13.1. The van der Waals surface area contributed by atoms with Gasteiger partial charge in [-0.15, -0.1) is 0 Å². The highest BCUT2D eigenvalue weighted by Gasteiger charge is 2.13. The van der Waals surface area contributed by atoms with Crippen molar-refractivity contribution < 1.29 is 13.2 Å². The number of rotatable bonds is 5. The second-order valence-electron chi connectivity index (χ2n) is 4.19. The van der Waals surface area contributed by atoms with E-state index in [-0.39, 0.29) is 10.8 Å². The zero-order chi connectivity index (χ0) is 13.8. The van der Waals surface area contributed by atoms with Gasteiger partial charge in [-0.1, -0.05) is 26.3 Å². The van der Waals surface area contributed by atoms with Crippen LogP contribution in [-0.4, -0.2) is 20.9 Å². The molecule has 1 aromatic rings. The van der Waals surface area contributed by atoms with Crippen LogP contribution >= 0.6 is 10.7 Å². The molecule has 0 fully saturated rings. The third-order valence-electron chi connectivity index (χ3n) is 2.69. The van der Waals surface area contributed by atoms with Crippen LogP contribution in [-0.2, 0) is 9.05 Å². The molecule has 0 aliphatic rings. The molecular formula is C12H16ClNO3S. The molecule has 0 bridgehead atoms. The summed E-state index contributed by atoms with van der Waals surface area (Å²) in [6, 6.07) is 5.67. The minimum absolute atomic E-state index is 0.0691. The van der Waals surface area contributed by atoms with Crippen LogP contribution in [0.4, 0.5) is 0 Å². The Morgan fingerprint density at radius 3 is 2.67 bits per heavy atom. The van der Waals surface area contributed by atoms with Crippen molar-refractivity contribution in [1.82, 2.24) is 5.32 Å². The molecule has 4 nitrogen and oxygen atoms in total. The first-order chi connectivity index (χ1) is 8.34. The highest BCUT2D eigenvalue weighted by atomic mass is 35.7. The van der Waals surface area contributed by atoms with Gasteiger partial charge >= 0.3 is 0 Å². The maximum atomic E-state index is 11.8. The van der Waals surface area contributed by atoms with Crippen molar-refractivity contribution in [3.63, 3.8) is 0 Å². The van der Waals surface area contributed by atoms with Crippen molar-refractivity contribution in [3.8, 4) is 0 Å². The van der Waals surface area contributed by atoms with E-state index in [1.165, 1.54) is 18.2 Å². The van der Waals surface area contributed by atoms with E-state index in [4.69, 9.17) is 10.7 Å². The Balaban J connectivity index is 2.81. The van der Waals surface area contributed by atoms with Crippen LogP contribution in [0.3, 0.4) is 0 Å². The molecule has 0 radical (unpaired) electrons. The lowest BCUT2D eigenvalue weighted by molar-refractivity contribution is 0.0947. The smallest absolute Gasteiger partial charge is 0.261 e. The number of carbonyl (C=O) groups excluding carboxylic acids is 1. The molecule has 18 heavy (non-hydrogen) atoms. The van der Waals surface area contributed by atoms with Crippen LogP contribution in [0.25, 0.3) is 0 Å². The van der Waals surface area contributed by atoms with E-state index in [1.807, 2.05) is 13.8 Å². The molecule has 6 heteroatoms. The summed E-state index contributed by atoms with van der Waals surface area (Å²) < 4.78 is 22.3. The second kappa shape index (κ2) is 6.20. The highest BCUT2D eigenvalue weighted by molar-refractivity contribution is 8.13. The lowest BCUT2D eigenvalue weighted by atomic mass is 10.1. The monoisotopic (exact) mass is 289 g/mol. The Kier molecular flexibility index (Phi) is 5.16. The number of halogens is 1. The zero-order valence-corrected chi connectivity index (χ0v) is 11.9. The molecule has 1 rings (SSSR count). The van der Waals surface area contributed by atoms with Crippen molar-refractivity contribution in [3.05, 3.63) is 29.8 Å². The third kappa shape index (κ3) is 4.31. The molecule has 1 atom stereocenters. The van der Waals surface area contributed by atoms with E-state index in [9.17, 15) is 13.2 Å². The molecule has 0 aliphatic heterocycles. The topological polar surface area (TPSA) is 63.2 Å². The van der Waals surface area contributed by atoms with E-state index >= 15 is 0 Å². The first kappa shape index (κ1) is 15.0. The van der Waals surface area contributed by atoms with E-state index in [1.54, 1.807) is 6.07 Å². The van der Waals surface area contributed by atoms with Gasteiger partial charge in [-0.3, -0.25) is 4.79 Å². The van der Waals surface area contributed by atoms with Gasteiger partial charge in [0.15, 0.2) is 0 Å². The predicted octanol–water partition coefficient (Wildman–Crippen LogP) is 2.39. The van der Waals surface area contributed by atoms with Gasteiger partial charge in [0.2, 0.25) is 0 Å². The average Bonchev–Trinajstić information content (AvgIpc) is 2.34. The van der Waals surface area contributed by atoms with Gasteiger partial charge in [0.1, 0.15) is 0 Å². The first-order valence-corrected chi connectivity index (χ1v) is 7.98. The Hall–Kier alpha value is -1.07. The number of nitrogens with one attached hydrogen (secondary N) is 1. The fourth-order valence-corrected chi connectivity index (χ4v) is 2.10. The van der Waals surface area contributed by atoms with Gasteiger partial charge < -0.3 is 5.32 Å². The number of hydrogen-bond donors (Lipinski definition) is 1. The summed E-state index contributed by atoms with van der Waals surface area (Å²) in [5, 5.41) is 2.75. The molecule has 1 N–H and O–H groups in total. The van der Waals surface area contributed by atoms with Crippen LogP contribution in [0.5, 0.6) is 0 Å². The Morgan fingerprint density at radius 2 is 2.11 bits per heavy atom. The summed E-state index contributed by atoms with van der Waals surface area (Å²) in [6.07, 6.45) is 0.969. The number of carbonyl (C=O) groups is 1. The molecule has 0 saturated carbocycles. The molecule has 0 spiro atoms. The van der Waals surface area contributed by atoms with Gasteiger partial charge in [-0.25, -0.2) is 8.42 Å². The van der Waals surface area contributed by atoms with Gasteiger partial charge in [0, 0.05) is 22.8 Å².